The van der Waals surface area contributed by atoms with Gasteiger partial charge >= 0.3 is 10.6 Å². The first kappa shape index (κ1) is 21.4. The summed E-state index contributed by atoms with van der Waals surface area (Å²) in [6.07, 6.45) is 8.04. The molecule has 1 atom stereocenters. The Morgan fingerprint density at radius 2 is 1.81 bits per heavy atom. The lowest BCUT2D eigenvalue weighted by Gasteiger charge is -2.23. The molecule has 0 aromatic rings. The van der Waals surface area contributed by atoms with Crippen LogP contribution in [0.1, 0.15) is 26.2 Å². The maximum absolute atomic E-state index is 9.05. The molecular weight excluding hydrogens is 312 g/mol. The van der Waals surface area contributed by atoms with Crippen LogP contribution >= 0.6 is 25.3 Å². The molecule has 0 saturated carbocycles. The van der Waals surface area contributed by atoms with E-state index in [0.29, 0.717) is 5.57 Å². The van der Waals surface area contributed by atoms with E-state index in [-0.39, 0.29) is 0 Å². The average Bonchev–Trinajstić information content (AvgIpc) is 2.38. The third-order valence-electron chi connectivity index (χ3n) is 2.26. The van der Waals surface area contributed by atoms with Crippen molar-refractivity contribution in [3.8, 4) is 12.1 Å². The van der Waals surface area contributed by atoms with Crippen LogP contribution in [0.15, 0.2) is 23.8 Å². The highest BCUT2D eigenvalue weighted by molar-refractivity contribution is 7.96. The van der Waals surface area contributed by atoms with Gasteiger partial charge in [0.15, 0.2) is 0 Å². The number of allylic oxidation sites excluding steroid dienone is 4. The third-order valence-corrected chi connectivity index (χ3v) is 2.26. The zero-order chi connectivity index (χ0) is 16.9. The monoisotopic (exact) mass is 328 g/mol. The van der Waals surface area contributed by atoms with E-state index in [1.165, 1.54) is 0 Å². The van der Waals surface area contributed by atoms with Crippen molar-refractivity contribution in [2.24, 2.45) is 5.41 Å². The summed E-state index contributed by atoms with van der Waals surface area (Å²) in [6, 6.07) is 4.38. The molecule has 0 bridgehead atoms. The van der Waals surface area contributed by atoms with Crippen LogP contribution in [-0.4, -0.2) is 20.8 Å². The summed E-state index contributed by atoms with van der Waals surface area (Å²) in [7, 11) is 0. The van der Waals surface area contributed by atoms with Gasteiger partial charge in [-0.2, -0.15) is 10.5 Å². The number of carbonyl (C=O) groups is 2. The number of hydrogen-bond acceptors (Lipinski definition) is 4. The Morgan fingerprint density at radius 3 is 2.14 bits per heavy atom. The number of carboxylic acid groups (broad SMARTS) is 2. The highest BCUT2D eigenvalue weighted by atomic mass is 32.1. The van der Waals surface area contributed by atoms with Gasteiger partial charge in [0.1, 0.15) is 0 Å². The van der Waals surface area contributed by atoms with E-state index in [2.05, 4.69) is 44.3 Å². The van der Waals surface area contributed by atoms with Gasteiger partial charge < -0.3 is 10.2 Å². The first-order valence-electron chi connectivity index (χ1n) is 5.77. The fourth-order valence-corrected chi connectivity index (χ4v) is 1.62. The van der Waals surface area contributed by atoms with Crippen molar-refractivity contribution < 1.29 is 19.8 Å². The maximum Gasteiger partial charge on any atom is 0.361 e. The lowest BCUT2D eigenvalue weighted by Crippen LogP contribution is -2.16. The summed E-state index contributed by atoms with van der Waals surface area (Å²) in [5.74, 6) is 0. The van der Waals surface area contributed by atoms with E-state index in [1.807, 2.05) is 6.08 Å². The molecule has 0 fully saturated rings. The smallest absolute Gasteiger partial charge is 0.361 e. The molecule has 0 aromatic heterocycles. The fourth-order valence-electron chi connectivity index (χ4n) is 1.62. The van der Waals surface area contributed by atoms with Gasteiger partial charge in [-0.1, -0.05) is 44.7 Å². The molecule has 0 spiro atoms. The van der Waals surface area contributed by atoms with E-state index in [4.69, 9.17) is 30.3 Å². The van der Waals surface area contributed by atoms with Crippen molar-refractivity contribution in [2.75, 3.05) is 0 Å². The molecule has 1 rings (SSSR count). The normalized spacial score (nSPS) is 18.4. The second kappa shape index (κ2) is 11.9. The van der Waals surface area contributed by atoms with Crippen molar-refractivity contribution in [1.29, 1.82) is 10.5 Å². The summed E-state index contributed by atoms with van der Waals surface area (Å²) in [5, 5.41) is 30.0. The summed E-state index contributed by atoms with van der Waals surface area (Å²) < 4.78 is 0. The number of nitrogens with zero attached hydrogens (tertiary/aromatic N) is 2. The van der Waals surface area contributed by atoms with Crippen molar-refractivity contribution in [2.45, 2.75) is 26.2 Å². The molecule has 21 heavy (non-hydrogen) atoms. The second-order valence-corrected chi connectivity index (χ2v) is 4.67. The largest absolute Gasteiger partial charge is 0.473 e. The number of rotatable bonds is 2. The third kappa shape index (κ3) is 12.9. The van der Waals surface area contributed by atoms with Crippen LogP contribution in [0.3, 0.4) is 0 Å². The SMILES string of the molecule is CCCC1(C#N)C=C(C#N)C=CC1.O=C(O)S.O=C(O)S. The Kier molecular flexibility index (Phi) is 12.1. The van der Waals surface area contributed by atoms with Gasteiger partial charge in [-0.15, -0.1) is 0 Å². The molecule has 0 amide bonds. The first-order chi connectivity index (χ1) is 9.72. The molecule has 8 heteroatoms. The van der Waals surface area contributed by atoms with Crippen LogP contribution in [0.25, 0.3) is 0 Å². The maximum atomic E-state index is 9.05. The summed E-state index contributed by atoms with van der Waals surface area (Å²) in [6.45, 7) is 2.05. The van der Waals surface area contributed by atoms with Crippen molar-refractivity contribution in [1.82, 2.24) is 0 Å². The van der Waals surface area contributed by atoms with Crippen LogP contribution < -0.4 is 0 Å². The average molecular weight is 328 g/mol. The highest BCUT2D eigenvalue weighted by Gasteiger charge is 2.27. The van der Waals surface area contributed by atoms with Gasteiger partial charge in [-0.3, -0.25) is 0 Å². The second-order valence-electron chi connectivity index (χ2n) is 3.90. The van der Waals surface area contributed by atoms with E-state index in [1.54, 1.807) is 12.2 Å². The Balaban J connectivity index is 0. The molecule has 0 aromatic carbocycles. The van der Waals surface area contributed by atoms with Crippen molar-refractivity contribution in [3.63, 3.8) is 0 Å². The molecule has 6 nitrogen and oxygen atoms in total. The molecule has 1 unspecified atom stereocenters. The molecule has 1 aliphatic carbocycles. The topological polar surface area (TPSA) is 122 Å². The predicted molar refractivity (Wildman–Crippen MR) is 84.4 cm³/mol. The van der Waals surface area contributed by atoms with Gasteiger partial charge in [0.25, 0.3) is 0 Å². The Hall–Kier alpha value is -1.90. The minimum Gasteiger partial charge on any atom is -0.473 e. The van der Waals surface area contributed by atoms with Gasteiger partial charge in [-0.25, -0.2) is 9.59 Å². The summed E-state index contributed by atoms with van der Waals surface area (Å²) in [4.78, 5) is 17.7. The molecule has 114 valence electrons. The minimum atomic E-state index is -1.14. The fraction of sp³-hybridized carbons (Fsp3) is 0.385. The highest BCUT2D eigenvalue weighted by Crippen LogP contribution is 2.34. The molecule has 0 saturated heterocycles. The van der Waals surface area contributed by atoms with Gasteiger partial charge in [-0.05, 0) is 25.0 Å². The first-order valence-corrected chi connectivity index (χ1v) is 6.67. The van der Waals surface area contributed by atoms with E-state index >= 15 is 0 Å². The standard InChI is InChI=1S/C11H12N2.2CH2O2S/c1-2-5-11(9-13)6-3-4-10(7-11)8-12;2*2-1(3)4/h3-4,7H,2,5-6H2,1H3;2*4H,(H,2,3). The molecular formula is C13H16N2O4S2. The van der Waals surface area contributed by atoms with E-state index < -0.39 is 16.0 Å². The van der Waals surface area contributed by atoms with Crippen molar-refractivity contribution in [3.05, 3.63) is 23.8 Å². The zero-order valence-corrected chi connectivity index (χ0v) is 13.1. The van der Waals surface area contributed by atoms with Crippen LogP contribution in [0.4, 0.5) is 9.59 Å². The van der Waals surface area contributed by atoms with Gasteiger partial charge in [0, 0.05) is 5.57 Å². The van der Waals surface area contributed by atoms with E-state index in [0.717, 1.165) is 19.3 Å². The molecule has 0 radical (unpaired) electrons. The Labute approximate surface area is 134 Å². The molecule has 2 N–H and O–H groups in total. The number of hydrogen-bond donors (Lipinski definition) is 4. The van der Waals surface area contributed by atoms with Crippen molar-refractivity contribution >= 4 is 35.9 Å². The summed E-state index contributed by atoms with van der Waals surface area (Å²) in [5.41, 5.74) is 0.190. The quantitative estimate of drug-likeness (QED) is 0.570. The Bertz CT molecular complexity index is 483. The van der Waals surface area contributed by atoms with Gasteiger partial charge in [0.2, 0.25) is 0 Å². The van der Waals surface area contributed by atoms with E-state index in [9.17, 15) is 0 Å². The predicted octanol–water partition coefficient (Wildman–Crippen LogP) is 3.89. The number of thiol groups is 2. The molecule has 0 aliphatic heterocycles. The molecule has 0 heterocycles. The number of nitriles is 2. The lowest BCUT2D eigenvalue weighted by molar-refractivity contribution is 0.221. The zero-order valence-electron chi connectivity index (χ0n) is 11.4. The van der Waals surface area contributed by atoms with Crippen LogP contribution in [-0.2, 0) is 0 Å². The summed E-state index contributed by atoms with van der Waals surface area (Å²) >= 11 is 5.77. The van der Waals surface area contributed by atoms with Gasteiger partial charge in [0.05, 0.1) is 17.6 Å². The minimum absolute atomic E-state index is 0.422. The van der Waals surface area contributed by atoms with Crippen LogP contribution in [0.5, 0.6) is 0 Å². The molecule has 1 aliphatic rings. The lowest BCUT2D eigenvalue weighted by atomic mass is 9.77. The Morgan fingerprint density at radius 1 is 1.33 bits per heavy atom. The van der Waals surface area contributed by atoms with Crippen LogP contribution in [0.2, 0.25) is 0 Å². The van der Waals surface area contributed by atoms with Crippen LogP contribution in [0, 0.1) is 28.1 Å².